The van der Waals surface area contributed by atoms with Crippen molar-refractivity contribution in [3.05, 3.63) is 80.3 Å². The maximum atomic E-state index is 12.8. The van der Waals surface area contributed by atoms with Crippen molar-refractivity contribution < 1.29 is 14.3 Å². The number of nitrogens with zero attached hydrogens (tertiary/aromatic N) is 4. The molecule has 0 aliphatic carbocycles. The predicted octanol–water partition coefficient (Wildman–Crippen LogP) is 2.81. The van der Waals surface area contributed by atoms with Gasteiger partial charge < -0.3 is 9.47 Å². The average Bonchev–Trinajstić information content (AvgIpc) is 2.81. The largest absolute Gasteiger partial charge is 0.497 e. The molecule has 9 heteroatoms. The predicted molar refractivity (Wildman–Crippen MR) is 123 cm³/mol. The van der Waals surface area contributed by atoms with Gasteiger partial charge in [0, 0.05) is 11.1 Å². The van der Waals surface area contributed by atoms with Crippen LogP contribution in [0.1, 0.15) is 38.3 Å². The van der Waals surface area contributed by atoms with Crippen LogP contribution in [-0.2, 0) is 0 Å². The van der Waals surface area contributed by atoms with E-state index >= 15 is 0 Å². The van der Waals surface area contributed by atoms with Gasteiger partial charge in [-0.3, -0.25) is 9.59 Å². The smallest absolute Gasteiger partial charge is 0.292 e. The molecule has 0 fully saturated rings. The number of aromatic nitrogens is 2. The van der Waals surface area contributed by atoms with E-state index in [9.17, 15) is 14.9 Å². The molecule has 0 aliphatic rings. The highest BCUT2D eigenvalue weighted by Crippen LogP contribution is 2.22. The molecule has 168 valence electrons. The minimum Gasteiger partial charge on any atom is -0.497 e. The molecular weight excluding hydrogens is 422 g/mol. The number of hydrogen-bond acceptors (Lipinski definition) is 7. The highest BCUT2D eigenvalue weighted by Gasteiger charge is 2.20. The third-order valence-electron chi connectivity index (χ3n) is 5.20. The number of carbonyl (C=O) groups is 1. The summed E-state index contributed by atoms with van der Waals surface area (Å²) < 4.78 is 11.5. The van der Waals surface area contributed by atoms with E-state index in [1.165, 1.54) is 27.4 Å². The Bertz CT molecular complexity index is 1350. The lowest BCUT2D eigenvalue weighted by molar-refractivity contribution is 0.0947. The molecule has 2 aromatic carbocycles. The van der Waals surface area contributed by atoms with E-state index in [0.717, 1.165) is 15.8 Å². The van der Waals surface area contributed by atoms with Crippen molar-refractivity contribution in [2.24, 2.45) is 5.10 Å². The summed E-state index contributed by atoms with van der Waals surface area (Å²) in [7, 11) is 3.06. The third-order valence-corrected chi connectivity index (χ3v) is 5.20. The molecule has 9 nitrogen and oxygen atoms in total. The Morgan fingerprint density at radius 3 is 2.52 bits per heavy atom. The maximum Gasteiger partial charge on any atom is 0.292 e. The minimum atomic E-state index is -0.667. The number of ether oxygens (including phenoxy) is 2. The summed E-state index contributed by atoms with van der Waals surface area (Å²) in [4.78, 5) is 25.7. The number of methoxy groups -OCH3 is 2. The molecule has 0 spiro atoms. The van der Waals surface area contributed by atoms with Gasteiger partial charge in [-0.25, -0.2) is 5.43 Å². The van der Waals surface area contributed by atoms with Crippen LogP contribution < -0.4 is 20.5 Å². The van der Waals surface area contributed by atoms with Gasteiger partial charge in [0.25, 0.3) is 11.5 Å². The topological polar surface area (TPSA) is 119 Å². The Balaban J connectivity index is 1.98. The van der Waals surface area contributed by atoms with E-state index in [1.54, 1.807) is 30.3 Å². The zero-order valence-corrected chi connectivity index (χ0v) is 19.0. The molecule has 0 unspecified atom stereocenters. The number of hydrazone groups is 1. The molecule has 3 aromatic rings. The number of carbonyl (C=O) groups excluding carboxylic acids is 1. The zero-order valence-electron chi connectivity index (χ0n) is 19.0. The summed E-state index contributed by atoms with van der Waals surface area (Å²) in [6.45, 7) is 5.35. The highest BCUT2D eigenvalue weighted by molar-refractivity contribution is 5.95. The third kappa shape index (κ3) is 4.75. The highest BCUT2D eigenvalue weighted by atomic mass is 16.5. The van der Waals surface area contributed by atoms with E-state index < -0.39 is 11.5 Å². The van der Waals surface area contributed by atoms with Crippen LogP contribution in [0.3, 0.4) is 0 Å². The second-order valence-electron chi connectivity index (χ2n) is 7.25. The summed E-state index contributed by atoms with van der Waals surface area (Å²) in [5, 5.41) is 17.7. The van der Waals surface area contributed by atoms with Gasteiger partial charge in [-0.05, 0) is 62.2 Å². The summed E-state index contributed by atoms with van der Waals surface area (Å²) in [6, 6.07) is 12.4. The molecule has 1 heterocycles. The molecule has 1 aromatic heterocycles. The van der Waals surface area contributed by atoms with Crippen LogP contribution in [0.15, 0.2) is 46.3 Å². The first-order valence-corrected chi connectivity index (χ1v) is 9.97. The second kappa shape index (κ2) is 9.78. The fourth-order valence-corrected chi connectivity index (χ4v) is 3.14. The Kier molecular flexibility index (Phi) is 6.88. The van der Waals surface area contributed by atoms with Gasteiger partial charge in [0.05, 0.1) is 26.1 Å². The molecule has 0 atom stereocenters. The normalized spacial score (nSPS) is 10.7. The second-order valence-corrected chi connectivity index (χ2v) is 7.25. The van der Waals surface area contributed by atoms with Crippen molar-refractivity contribution in [2.75, 3.05) is 14.2 Å². The summed E-state index contributed by atoms with van der Waals surface area (Å²) in [5.41, 5.74) is 4.76. The van der Waals surface area contributed by atoms with Crippen molar-refractivity contribution in [1.29, 1.82) is 5.26 Å². The summed E-state index contributed by atoms with van der Waals surface area (Å²) >= 11 is 0. The Labute approximate surface area is 190 Å². The fourth-order valence-electron chi connectivity index (χ4n) is 3.14. The lowest BCUT2D eigenvalue weighted by Crippen LogP contribution is -2.31. The van der Waals surface area contributed by atoms with Crippen LogP contribution in [0.2, 0.25) is 0 Å². The van der Waals surface area contributed by atoms with E-state index in [0.29, 0.717) is 22.7 Å². The van der Waals surface area contributed by atoms with Gasteiger partial charge in [-0.1, -0.05) is 6.07 Å². The molecule has 0 saturated carbocycles. The summed E-state index contributed by atoms with van der Waals surface area (Å²) in [6.07, 6.45) is 1.40. The molecule has 0 saturated heterocycles. The number of amides is 1. The first kappa shape index (κ1) is 23.2. The lowest BCUT2D eigenvalue weighted by atomic mass is 10.1. The van der Waals surface area contributed by atoms with Gasteiger partial charge >= 0.3 is 0 Å². The monoisotopic (exact) mass is 445 g/mol. The maximum absolute atomic E-state index is 12.8. The molecule has 0 aliphatic heterocycles. The average molecular weight is 445 g/mol. The number of hydrogen-bond donors (Lipinski definition) is 1. The van der Waals surface area contributed by atoms with Crippen LogP contribution in [0, 0.1) is 32.1 Å². The molecule has 0 bridgehead atoms. The van der Waals surface area contributed by atoms with Crippen molar-refractivity contribution in [1.82, 2.24) is 15.2 Å². The van der Waals surface area contributed by atoms with Crippen LogP contribution in [-0.4, -0.2) is 36.1 Å². The Morgan fingerprint density at radius 1 is 1.12 bits per heavy atom. The molecule has 1 amide bonds. The van der Waals surface area contributed by atoms with Gasteiger partial charge in [-0.2, -0.15) is 20.1 Å². The van der Waals surface area contributed by atoms with Gasteiger partial charge in [0.1, 0.15) is 23.1 Å². The van der Waals surface area contributed by atoms with Gasteiger partial charge in [-0.15, -0.1) is 0 Å². The van der Waals surface area contributed by atoms with Crippen LogP contribution in [0.5, 0.6) is 11.5 Å². The molecule has 1 N–H and O–H groups in total. The quantitative estimate of drug-likeness (QED) is 0.460. The van der Waals surface area contributed by atoms with Crippen LogP contribution in [0.25, 0.3) is 5.69 Å². The first-order valence-electron chi connectivity index (χ1n) is 9.97. The van der Waals surface area contributed by atoms with E-state index in [2.05, 4.69) is 15.6 Å². The zero-order chi connectivity index (χ0) is 24.1. The molecule has 3 rings (SSSR count). The van der Waals surface area contributed by atoms with E-state index in [4.69, 9.17) is 9.47 Å². The number of rotatable bonds is 6. The number of nitrogens with one attached hydrogen (secondary N) is 1. The molecule has 33 heavy (non-hydrogen) atoms. The van der Waals surface area contributed by atoms with E-state index in [1.807, 2.05) is 26.0 Å². The SMILES string of the molecule is COc1ccc(OC)c(/C=N/NC(=O)c2nn(-c3ccc(C)c(C)c3)c(=O)c(C#N)c2C)c1. The van der Waals surface area contributed by atoms with Crippen LogP contribution >= 0.6 is 0 Å². The van der Waals surface area contributed by atoms with Crippen molar-refractivity contribution >= 4 is 12.1 Å². The number of aryl methyl sites for hydroxylation is 2. The summed E-state index contributed by atoms with van der Waals surface area (Å²) in [5.74, 6) is 0.470. The Hall–Kier alpha value is -4.45. The molecule has 0 radical (unpaired) electrons. The van der Waals surface area contributed by atoms with Gasteiger partial charge in [0.15, 0.2) is 5.69 Å². The van der Waals surface area contributed by atoms with Crippen molar-refractivity contribution in [3.63, 3.8) is 0 Å². The first-order chi connectivity index (χ1) is 15.8. The van der Waals surface area contributed by atoms with Crippen LogP contribution in [0.4, 0.5) is 0 Å². The fraction of sp³-hybridized carbons (Fsp3) is 0.208. The van der Waals surface area contributed by atoms with Gasteiger partial charge in [0.2, 0.25) is 0 Å². The minimum absolute atomic E-state index is 0.0841. The van der Waals surface area contributed by atoms with Crippen molar-refractivity contribution in [2.45, 2.75) is 20.8 Å². The molecular formula is C24H23N5O4. The Morgan fingerprint density at radius 2 is 1.88 bits per heavy atom. The number of nitriles is 1. The van der Waals surface area contributed by atoms with Crippen molar-refractivity contribution in [3.8, 4) is 23.3 Å². The van der Waals surface area contributed by atoms with E-state index in [-0.39, 0.29) is 16.8 Å². The number of benzene rings is 2. The standard InChI is InChI=1S/C24H23N5O4/c1-14-6-7-18(10-15(14)2)29-24(31)20(12-25)16(3)22(28-29)23(30)27-26-13-17-11-19(32-4)8-9-21(17)33-5/h6-11,13H,1-5H3,(H,27,30)/b26-13+. The lowest BCUT2D eigenvalue weighted by Gasteiger charge is -2.12.